The fraction of sp³-hybridized carbons (Fsp3) is 0.278. The number of hydrogen-bond acceptors (Lipinski definition) is 4. The van der Waals surface area contributed by atoms with Gasteiger partial charge in [-0.15, -0.1) is 0 Å². The van der Waals surface area contributed by atoms with E-state index < -0.39 is 6.10 Å². The zero-order valence-electron chi connectivity index (χ0n) is 12.6. The minimum absolute atomic E-state index is 0.523. The Morgan fingerprint density at radius 2 is 1.82 bits per heavy atom. The normalized spacial score (nSPS) is 17.3. The molecule has 0 aliphatic carbocycles. The SMILES string of the molecule is Cc1ccc([C@@H](O)CN2C3=NCCN3c3ccccc32)cc1. The van der Waals surface area contributed by atoms with Gasteiger partial charge in [0, 0.05) is 6.54 Å². The minimum atomic E-state index is -0.531. The van der Waals surface area contributed by atoms with E-state index in [9.17, 15) is 5.11 Å². The van der Waals surface area contributed by atoms with E-state index in [1.54, 1.807) is 0 Å². The number of aliphatic hydroxyl groups is 1. The number of benzene rings is 2. The summed E-state index contributed by atoms with van der Waals surface area (Å²) in [6.07, 6.45) is -0.531. The van der Waals surface area contributed by atoms with Gasteiger partial charge in [0.1, 0.15) is 0 Å². The van der Waals surface area contributed by atoms with Gasteiger partial charge in [0.2, 0.25) is 5.96 Å². The first-order valence-corrected chi connectivity index (χ1v) is 7.67. The molecule has 2 aromatic carbocycles. The summed E-state index contributed by atoms with van der Waals surface area (Å²) in [6, 6.07) is 16.4. The molecule has 4 heteroatoms. The van der Waals surface area contributed by atoms with Crippen molar-refractivity contribution in [3.63, 3.8) is 0 Å². The smallest absolute Gasteiger partial charge is 0.206 e. The first-order chi connectivity index (χ1) is 10.7. The second kappa shape index (κ2) is 5.14. The fourth-order valence-electron chi connectivity index (χ4n) is 3.17. The molecule has 0 radical (unpaired) electrons. The number of guanidine groups is 1. The lowest BCUT2D eigenvalue weighted by Crippen LogP contribution is -2.37. The average molecular weight is 293 g/mol. The maximum atomic E-state index is 10.6. The lowest BCUT2D eigenvalue weighted by atomic mass is 10.1. The Balaban J connectivity index is 1.63. The van der Waals surface area contributed by atoms with Crippen LogP contribution in [0.2, 0.25) is 0 Å². The van der Waals surface area contributed by atoms with Crippen molar-refractivity contribution in [1.29, 1.82) is 0 Å². The van der Waals surface area contributed by atoms with Crippen molar-refractivity contribution in [3.05, 3.63) is 59.7 Å². The van der Waals surface area contributed by atoms with E-state index >= 15 is 0 Å². The van der Waals surface area contributed by atoms with E-state index in [0.717, 1.165) is 30.3 Å². The van der Waals surface area contributed by atoms with Crippen LogP contribution >= 0.6 is 0 Å². The van der Waals surface area contributed by atoms with Crippen LogP contribution in [0.3, 0.4) is 0 Å². The minimum Gasteiger partial charge on any atom is -0.387 e. The van der Waals surface area contributed by atoms with Gasteiger partial charge < -0.3 is 14.9 Å². The fourth-order valence-corrected chi connectivity index (χ4v) is 3.17. The van der Waals surface area contributed by atoms with Crippen molar-refractivity contribution >= 4 is 17.3 Å². The molecule has 0 bridgehead atoms. The molecule has 0 saturated heterocycles. The van der Waals surface area contributed by atoms with Gasteiger partial charge in [-0.2, -0.15) is 0 Å². The number of rotatable bonds is 3. The van der Waals surface area contributed by atoms with Crippen LogP contribution in [0, 0.1) is 6.92 Å². The lowest BCUT2D eigenvalue weighted by Gasteiger charge is -2.23. The van der Waals surface area contributed by atoms with Crippen molar-refractivity contribution in [2.75, 3.05) is 29.4 Å². The molecule has 2 aromatic rings. The largest absolute Gasteiger partial charge is 0.387 e. The van der Waals surface area contributed by atoms with Gasteiger partial charge in [-0.1, -0.05) is 42.0 Å². The van der Waals surface area contributed by atoms with Crippen molar-refractivity contribution in [2.24, 2.45) is 4.99 Å². The van der Waals surface area contributed by atoms with Gasteiger partial charge in [0.15, 0.2) is 0 Å². The van der Waals surface area contributed by atoms with Crippen LogP contribution in [0.1, 0.15) is 17.2 Å². The van der Waals surface area contributed by atoms with Gasteiger partial charge in [-0.05, 0) is 24.6 Å². The van der Waals surface area contributed by atoms with Crippen LogP contribution in [-0.4, -0.2) is 30.7 Å². The Bertz CT molecular complexity index is 723. The monoisotopic (exact) mass is 293 g/mol. The molecule has 0 spiro atoms. The van der Waals surface area contributed by atoms with Crippen LogP contribution in [-0.2, 0) is 0 Å². The Labute approximate surface area is 130 Å². The Morgan fingerprint density at radius 1 is 1.09 bits per heavy atom. The first-order valence-electron chi connectivity index (χ1n) is 7.67. The van der Waals surface area contributed by atoms with Crippen LogP contribution in [0.4, 0.5) is 11.4 Å². The number of β-amino-alcohol motifs (C(OH)–C–C–N with tert-alkyl or cyclic N) is 1. The third-order valence-corrected chi connectivity index (χ3v) is 4.34. The molecule has 112 valence electrons. The zero-order valence-corrected chi connectivity index (χ0v) is 12.6. The van der Waals surface area contributed by atoms with Gasteiger partial charge in [-0.25, -0.2) is 0 Å². The Hall–Kier alpha value is -2.33. The standard InChI is InChI=1S/C18H19N3O/c1-13-6-8-14(9-7-13)17(22)12-21-16-5-3-2-4-15(16)20-11-10-19-18(20)21/h2-9,17,22H,10-12H2,1H3/t17-/m0/s1. The molecule has 2 aliphatic heterocycles. The number of para-hydroxylation sites is 2. The van der Waals surface area contributed by atoms with E-state index in [0.29, 0.717) is 6.54 Å². The summed E-state index contributed by atoms with van der Waals surface area (Å²) in [7, 11) is 0. The molecule has 2 aliphatic rings. The number of nitrogens with zero attached hydrogens (tertiary/aromatic N) is 3. The molecule has 0 saturated carbocycles. The molecule has 0 fully saturated rings. The summed E-state index contributed by atoms with van der Waals surface area (Å²) in [5.41, 5.74) is 4.47. The highest BCUT2D eigenvalue weighted by molar-refractivity contribution is 6.17. The van der Waals surface area contributed by atoms with Crippen LogP contribution in [0.5, 0.6) is 0 Å². The van der Waals surface area contributed by atoms with Crippen molar-refractivity contribution < 1.29 is 5.11 Å². The quantitative estimate of drug-likeness (QED) is 0.946. The van der Waals surface area contributed by atoms with Crippen LogP contribution in [0.15, 0.2) is 53.5 Å². The van der Waals surface area contributed by atoms with Crippen molar-refractivity contribution in [2.45, 2.75) is 13.0 Å². The Morgan fingerprint density at radius 3 is 2.59 bits per heavy atom. The number of aliphatic imine (C=N–C) groups is 1. The van der Waals surface area contributed by atoms with Gasteiger partial charge in [0.05, 0.1) is 30.6 Å². The molecule has 1 atom stereocenters. The topological polar surface area (TPSA) is 39.1 Å². The number of aliphatic hydroxyl groups excluding tert-OH is 1. The maximum Gasteiger partial charge on any atom is 0.206 e. The van der Waals surface area contributed by atoms with E-state index in [1.165, 1.54) is 11.3 Å². The summed E-state index contributed by atoms with van der Waals surface area (Å²) >= 11 is 0. The van der Waals surface area contributed by atoms with E-state index in [2.05, 4.69) is 39.9 Å². The highest BCUT2D eigenvalue weighted by Crippen LogP contribution is 2.39. The van der Waals surface area contributed by atoms with Gasteiger partial charge >= 0.3 is 0 Å². The molecule has 0 unspecified atom stereocenters. The number of fused-ring (bicyclic) bond motifs is 3. The third-order valence-electron chi connectivity index (χ3n) is 4.34. The average Bonchev–Trinajstić information content (AvgIpc) is 3.11. The van der Waals surface area contributed by atoms with Crippen LogP contribution < -0.4 is 9.80 Å². The molecule has 1 N–H and O–H groups in total. The van der Waals surface area contributed by atoms with Gasteiger partial charge in [0.25, 0.3) is 0 Å². The van der Waals surface area contributed by atoms with E-state index in [-0.39, 0.29) is 0 Å². The molecule has 4 rings (SSSR count). The Kier molecular flexibility index (Phi) is 3.12. The first kappa shape index (κ1) is 13.3. The molecular formula is C18H19N3O. The summed E-state index contributed by atoms with van der Waals surface area (Å²) in [6.45, 7) is 4.32. The predicted molar refractivity (Wildman–Crippen MR) is 89.6 cm³/mol. The second-order valence-electron chi connectivity index (χ2n) is 5.86. The summed E-state index contributed by atoms with van der Waals surface area (Å²) < 4.78 is 0. The molecule has 22 heavy (non-hydrogen) atoms. The summed E-state index contributed by atoms with van der Waals surface area (Å²) in [4.78, 5) is 8.98. The number of anilines is 2. The molecule has 2 heterocycles. The second-order valence-corrected chi connectivity index (χ2v) is 5.86. The molecule has 4 nitrogen and oxygen atoms in total. The van der Waals surface area contributed by atoms with Crippen molar-refractivity contribution in [1.82, 2.24) is 0 Å². The van der Waals surface area contributed by atoms with Crippen molar-refractivity contribution in [3.8, 4) is 0 Å². The molecular weight excluding hydrogens is 274 g/mol. The maximum absolute atomic E-state index is 10.6. The highest BCUT2D eigenvalue weighted by atomic mass is 16.3. The zero-order chi connectivity index (χ0) is 15.1. The summed E-state index contributed by atoms with van der Waals surface area (Å²) in [5.74, 6) is 0.965. The lowest BCUT2D eigenvalue weighted by molar-refractivity contribution is 0.187. The number of hydrogen-bond donors (Lipinski definition) is 1. The predicted octanol–water partition coefficient (Wildman–Crippen LogP) is 2.72. The molecule has 0 aromatic heterocycles. The van der Waals surface area contributed by atoms with Gasteiger partial charge in [-0.3, -0.25) is 4.99 Å². The number of aryl methyl sites for hydroxylation is 1. The van der Waals surface area contributed by atoms with Crippen LogP contribution in [0.25, 0.3) is 0 Å². The highest BCUT2D eigenvalue weighted by Gasteiger charge is 2.35. The molecule has 0 amide bonds. The summed E-state index contributed by atoms with van der Waals surface area (Å²) in [5, 5.41) is 10.6. The van der Waals surface area contributed by atoms with E-state index in [4.69, 9.17) is 0 Å². The third kappa shape index (κ3) is 2.07. The van der Waals surface area contributed by atoms with E-state index in [1.807, 2.05) is 30.3 Å².